The molecule has 0 unspecified atom stereocenters. The van der Waals surface area contributed by atoms with Gasteiger partial charge in [-0.3, -0.25) is 0 Å². The topological polar surface area (TPSA) is 26.0 Å². The van der Waals surface area contributed by atoms with Gasteiger partial charge in [0.05, 0.1) is 6.20 Å². The van der Waals surface area contributed by atoms with Crippen LogP contribution < -0.4 is 0 Å². The Morgan fingerprint density at radius 2 is 2.07 bits per heavy atom. The monoisotopic (exact) mass is 219 g/mol. The number of thioether (sulfide) groups is 1. The molecule has 0 bridgehead atoms. The highest BCUT2D eigenvalue weighted by Gasteiger charge is 2.04. The zero-order valence-electron chi connectivity index (χ0n) is 8.64. The van der Waals surface area contributed by atoms with Gasteiger partial charge in [0.25, 0.3) is 0 Å². The van der Waals surface area contributed by atoms with Gasteiger partial charge < -0.3 is 4.42 Å². The molecule has 0 aliphatic rings. The van der Waals surface area contributed by atoms with E-state index in [1.54, 1.807) is 18.0 Å². The summed E-state index contributed by atoms with van der Waals surface area (Å²) in [5, 5.41) is 0. The summed E-state index contributed by atoms with van der Waals surface area (Å²) in [4.78, 5) is 4.25. The number of aryl methyl sites for hydroxylation is 1. The molecule has 0 N–H and O–H groups in total. The molecular weight excluding hydrogens is 206 g/mol. The minimum atomic E-state index is 0.822. The van der Waals surface area contributed by atoms with Crippen LogP contribution in [0.15, 0.2) is 40.9 Å². The van der Waals surface area contributed by atoms with Crippen LogP contribution >= 0.6 is 11.8 Å². The van der Waals surface area contributed by atoms with E-state index in [0.717, 1.165) is 29.4 Å². The van der Waals surface area contributed by atoms with Gasteiger partial charge in [-0.05, 0) is 6.26 Å². The minimum Gasteiger partial charge on any atom is -0.441 e. The summed E-state index contributed by atoms with van der Waals surface area (Å²) in [6.07, 6.45) is 4.78. The summed E-state index contributed by atoms with van der Waals surface area (Å²) < 4.78 is 5.65. The van der Waals surface area contributed by atoms with Crippen LogP contribution in [0.3, 0.4) is 0 Å². The Morgan fingerprint density at radius 1 is 1.27 bits per heavy atom. The van der Waals surface area contributed by atoms with Crippen molar-refractivity contribution in [1.29, 1.82) is 0 Å². The molecule has 1 aromatic carbocycles. The second-order valence-corrected chi connectivity index (χ2v) is 4.21. The molecule has 0 fully saturated rings. The van der Waals surface area contributed by atoms with Crippen molar-refractivity contribution in [3.05, 3.63) is 42.4 Å². The van der Waals surface area contributed by atoms with E-state index in [0.29, 0.717) is 0 Å². The van der Waals surface area contributed by atoms with Crippen LogP contribution in [0.4, 0.5) is 0 Å². The Kier molecular flexibility index (Phi) is 3.45. The first-order valence-corrected chi connectivity index (χ1v) is 6.28. The van der Waals surface area contributed by atoms with E-state index in [1.165, 1.54) is 0 Å². The molecular formula is C12H13NOS. The fourth-order valence-corrected chi connectivity index (χ4v) is 1.73. The van der Waals surface area contributed by atoms with Gasteiger partial charge >= 0.3 is 0 Å². The van der Waals surface area contributed by atoms with E-state index >= 15 is 0 Å². The third kappa shape index (κ3) is 2.63. The summed E-state index contributed by atoms with van der Waals surface area (Å²) in [5.41, 5.74) is 1.08. The van der Waals surface area contributed by atoms with Crippen LogP contribution in [0.5, 0.6) is 0 Å². The number of benzene rings is 1. The Hall–Kier alpha value is -1.22. The van der Waals surface area contributed by atoms with Crippen LogP contribution in [0.2, 0.25) is 0 Å². The largest absolute Gasteiger partial charge is 0.441 e. The first-order valence-electron chi connectivity index (χ1n) is 4.89. The summed E-state index contributed by atoms with van der Waals surface area (Å²) in [7, 11) is 0. The van der Waals surface area contributed by atoms with Gasteiger partial charge in [-0.1, -0.05) is 30.3 Å². The van der Waals surface area contributed by atoms with E-state index in [2.05, 4.69) is 11.2 Å². The SMILES string of the molecule is CSCCc1ncc(-c2ccccc2)o1. The van der Waals surface area contributed by atoms with Crippen molar-refractivity contribution in [3.63, 3.8) is 0 Å². The molecule has 0 saturated heterocycles. The summed E-state index contributed by atoms with van der Waals surface area (Å²) in [5.74, 6) is 2.73. The van der Waals surface area contributed by atoms with Gasteiger partial charge in [0.15, 0.2) is 11.7 Å². The Balaban J connectivity index is 2.14. The third-order valence-electron chi connectivity index (χ3n) is 2.13. The summed E-state index contributed by atoms with van der Waals surface area (Å²) >= 11 is 1.80. The Morgan fingerprint density at radius 3 is 2.80 bits per heavy atom. The molecule has 2 aromatic rings. The molecule has 78 valence electrons. The summed E-state index contributed by atoms with van der Waals surface area (Å²) in [6, 6.07) is 10.0. The maximum absolute atomic E-state index is 5.65. The molecule has 2 rings (SSSR count). The molecule has 0 amide bonds. The zero-order chi connectivity index (χ0) is 10.5. The number of hydrogen-bond acceptors (Lipinski definition) is 3. The number of nitrogens with zero attached hydrogens (tertiary/aromatic N) is 1. The molecule has 2 nitrogen and oxygen atoms in total. The van der Waals surface area contributed by atoms with Crippen molar-refractivity contribution in [1.82, 2.24) is 4.98 Å². The molecule has 0 atom stereocenters. The lowest BCUT2D eigenvalue weighted by atomic mass is 10.2. The molecule has 3 heteroatoms. The highest BCUT2D eigenvalue weighted by atomic mass is 32.2. The normalized spacial score (nSPS) is 10.5. The van der Waals surface area contributed by atoms with Crippen LogP contribution in [0.1, 0.15) is 5.89 Å². The zero-order valence-corrected chi connectivity index (χ0v) is 9.46. The molecule has 0 spiro atoms. The van der Waals surface area contributed by atoms with Crippen LogP contribution in [-0.4, -0.2) is 17.0 Å². The highest BCUT2D eigenvalue weighted by molar-refractivity contribution is 7.98. The predicted molar refractivity (Wildman–Crippen MR) is 64.0 cm³/mol. The number of oxazole rings is 1. The minimum absolute atomic E-state index is 0.822. The van der Waals surface area contributed by atoms with Crippen molar-refractivity contribution in [2.75, 3.05) is 12.0 Å². The van der Waals surface area contributed by atoms with E-state index in [-0.39, 0.29) is 0 Å². The second-order valence-electron chi connectivity index (χ2n) is 3.23. The van der Waals surface area contributed by atoms with Crippen LogP contribution in [-0.2, 0) is 6.42 Å². The van der Waals surface area contributed by atoms with Gasteiger partial charge in [0.1, 0.15) is 0 Å². The fourth-order valence-electron chi connectivity index (χ4n) is 1.35. The maximum atomic E-state index is 5.65. The lowest BCUT2D eigenvalue weighted by Crippen LogP contribution is -1.86. The first-order chi connectivity index (χ1) is 7.40. The van der Waals surface area contributed by atoms with Crippen molar-refractivity contribution in [3.8, 4) is 11.3 Å². The number of aromatic nitrogens is 1. The Bertz CT molecular complexity index is 411. The lowest BCUT2D eigenvalue weighted by molar-refractivity contribution is 0.515. The number of hydrogen-bond donors (Lipinski definition) is 0. The maximum Gasteiger partial charge on any atom is 0.195 e. The van der Waals surface area contributed by atoms with Gasteiger partial charge in [0.2, 0.25) is 0 Å². The van der Waals surface area contributed by atoms with Gasteiger partial charge in [-0.15, -0.1) is 0 Å². The molecule has 0 aliphatic carbocycles. The van der Waals surface area contributed by atoms with E-state index in [4.69, 9.17) is 4.42 Å². The molecule has 0 radical (unpaired) electrons. The van der Waals surface area contributed by atoms with Crippen molar-refractivity contribution < 1.29 is 4.42 Å². The van der Waals surface area contributed by atoms with Crippen LogP contribution in [0.25, 0.3) is 11.3 Å². The first kappa shape index (κ1) is 10.3. The lowest BCUT2D eigenvalue weighted by Gasteiger charge is -1.94. The fraction of sp³-hybridized carbons (Fsp3) is 0.250. The second kappa shape index (κ2) is 5.03. The van der Waals surface area contributed by atoms with Gasteiger partial charge in [-0.2, -0.15) is 11.8 Å². The molecule has 0 aliphatic heterocycles. The van der Waals surface area contributed by atoms with Crippen molar-refractivity contribution in [2.24, 2.45) is 0 Å². The smallest absolute Gasteiger partial charge is 0.195 e. The van der Waals surface area contributed by atoms with E-state index in [1.807, 2.05) is 30.3 Å². The van der Waals surface area contributed by atoms with Crippen molar-refractivity contribution in [2.45, 2.75) is 6.42 Å². The van der Waals surface area contributed by atoms with E-state index in [9.17, 15) is 0 Å². The highest BCUT2D eigenvalue weighted by Crippen LogP contribution is 2.20. The molecule has 1 aromatic heterocycles. The molecule has 0 saturated carbocycles. The van der Waals surface area contributed by atoms with Crippen LogP contribution in [0, 0.1) is 0 Å². The predicted octanol–water partition coefficient (Wildman–Crippen LogP) is 3.25. The summed E-state index contributed by atoms with van der Waals surface area (Å²) in [6.45, 7) is 0. The average Bonchev–Trinajstić information content (AvgIpc) is 2.76. The van der Waals surface area contributed by atoms with Crippen molar-refractivity contribution >= 4 is 11.8 Å². The number of rotatable bonds is 4. The standard InChI is InChI=1S/C12H13NOS/c1-15-8-7-12-13-9-11(14-12)10-5-3-2-4-6-10/h2-6,9H,7-8H2,1H3. The third-order valence-corrected chi connectivity index (χ3v) is 2.74. The average molecular weight is 219 g/mol. The molecule has 15 heavy (non-hydrogen) atoms. The molecule has 1 heterocycles. The van der Waals surface area contributed by atoms with E-state index < -0.39 is 0 Å². The Labute approximate surface area is 93.7 Å². The van der Waals surface area contributed by atoms with Gasteiger partial charge in [-0.25, -0.2) is 4.98 Å². The quantitative estimate of drug-likeness (QED) is 0.789. The van der Waals surface area contributed by atoms with Gasteiger partial charge in [0, 0.05) is 17.7 Å².